The molecule has 1 atom stereocenters. The normalized spacial score (nSPS) is 24.1. The molecule has 1 N–H and O–H groups in total. The van der Waals surface area contributed by atoms with Crippen LogP contribution in [0, 0.1) is 0 Å². The van der Waals surface area contributed by atoms with E-state index in [0.717, 1.165) is 19.4 Å². The fourth-order valence-corrected chi connectivity index (χ4v) is 2.13. The van der Waals surface area contributed by atoms with Crippen LogP contribution in [0.2, 0.25) is 5.02 Å². The van der Waals surface area contributed by atoms with Crippen molar-refractivity contribution in [1.82, 2.24) is 9.97 Å². The molecule has 4 nitrogen and oxygen atoms in total. The van der Waals surface area contributed by atoms with Gasteiger partial charge in [0.25, 0.3) is 0 Å². The molecule has 0 saturated carbocycles. The van der Waals surface area contributed by atoms with E-state index in [0.29, 0.717) is 16.9 Å². The smallest absolute Gasteiger partial charge is 0.148 e. The Bertz CT molecular complexity index is 370. The zero-order valence-electron chi connectivity index (χ0n) is 9.53. The van der Waals surface area contributed by atoms with Crippen molar-refractivity contribution in [3.8, 4) is 0 Å². The van der Waals surface area contributed by atoms with Crippen LogP contribution in [-0.2, 0) is 4.74 Å². The molecule has 0 aromatic carbocycles. The molecule has 88 valence electrons. The SMILES string of the molecule is CC1(C)CC(Nc2ncncc2Cl)CCO1. The van der Waals surface area contributed by atoms with E-state index >= 15 is 0 Å². The van der Waals surface area contributed by atoms with Crippen LogP contribution in [0.1, 0.15) is 26.7 Å². The molecule has 2 rings (SSSR count). The van der Waals surface area contributed by atoms with Crippen LogP contribution in [-0.4, -0.2) is 28.2 Å². The molecule has 16 heavy (non-hydrogen) atoms. The second-order valence-corrected chi connectivity index (χ2v) is 5.07. The number of hydrogen-bond donors (Lipinski definition) is 1. The van der Waals surface area contributed by atoms with Crippen molar-refractivity contribution in [2.45, 2.75) is 38.3 Å². The van der Waals surface area contributed by atoms with Gasteiger partial charge in [0.05, 0.1) is 11.8 Å². The van der Waals surface area contributed by atoms with Gasteiger partial charge in [0, 0.05) is 12.6 Å². The first-order valence-corrected chi connectivity index (χ1v) is 5.81. The summed E-state index contributed by atoms with van der Waals surface area (Å²) in [6.07, 6.45) is 5.02. The highest BCUT2D eigenvalue weighted by Gasteiger charge is 2.29. The predicted molar refractivity (Wildman–Crippen MR) is 63.7 cm³/mol. The van der Waals surface area contributed by atoms with Crippen molar-refractivity contribution in [3.63, 3.8) is 0 Å². The first-order chi connectivity index (χ1) is 7.57. The Morgan fingerprint density at radius 2 is 2.38 bits per heavy atom. The van der Waals surface area contributed by atoms with Gasteiger partial charge in [-0.15, -0.1) is 0 Å². The molecule has 0 bridgehead atoms. The van der Waals surface area contributed by atoms with E-state index in [-0.39, 0.29) is 5.60 Å². The summed E-state index contributed by atoms with van der Waals surface area (Å²) in [5, 5.41) is 3.90. The molecule has 0 amide bonds. The van der Waals surface area contributed by atoms with Crippen LogP contribution in [0.25, 0.3) is 0 Å². The van der Waals surface area contributed by atoms with E-state index in [1.54, 1.807) is 6.20 Å². The second kappa shape index (κ2) is 4.55. The lowest BCUT2D eigenvalue weighted by atomic mass is 9.94. The van der Waals surface area contributed by atoms with Crippen LogP contribution in [0.3, 0.4) is 0 Å². The number of rotatable bonds is 2. The van der Waals surface area contributed by atoms with E-state index in [2.05, 4.69) is 29.1 Å². The summed E-state index contributed by atoms with van der Waals surface area (Å²) in [7, 11) is 0. The van der Waals surface area contributed by atoms with E-state index in [1.165, 1.54) is 6.33 Å². The lowest BCUT2D eigenvalue weighted by Crippen LogP contribution is -2.40. The summed E-state index contributed by atoms with van der Waals surface area (Å²) in [6, 6.07) is 0.358. The summed E-state index contributed by atoms with van der Waals surface area (Å²) in [5.41, 5.74) is -0.0740. The average Bonchev–Trinajstić information content (AvgIpc) is 2.20. The fourth-order valence-electron chi connectivity index (χ4n) is 1.97. The Balaban J connectivity index is 2.02. The van der Waals surface area contributed by atoms with Gasteiger partial charge in [0.1, 0.15) is 17.2 Å². The Kier molecular flexibility index (Phi) is 3.30. The fraction of sp³-hybridized carbons (Fsp3) is 0.636. The maximum absolute atomic E-state index is 6.00. The summed E-state index contributed by atoms with van der Waals surface area (Å²) in [6.45, 7) is 4.97. The third-order valence-corrected chi connectivity index (χ3v) is 2.98. The minimum absolute atomic E-state index is 0.0740. The zero-order valence-corrected chi connectivity index (χ0v) is 10.3. The van der Waals surface area contributed by atoms with Gasteiger partial charge in [-0.1, -0.05) is 11.6 Å². The van der Waals surface area contributed by atoms with Gasteiger partial charge in [-0.25, -0.2) is 9.97 Å². The molecular formula is C11H16ClN3O. The van der Waals surface area contributed by atoms with Crippen molar-refractivity contribution in [1.29, 1.82) is 0 Å². The summed E-state index contributed by atoms with van der Waals surface area (Å²) in [4.78, 5) is 7.98. The van der Waals surface area contributed by atoms with E-state index < -0.39 is 0 Å². The number of nitrogens with one attached hydrogen (secondary N) is 1. The number of anilines is 1. The van der Waals surface area contributed by atoms with Crippen molar-refractivity contribution in [2.75, 3.05) is 11.9 Å². The zero-order chi connectivity index (χ0) is 11.6. The first-order valence-electron chi connectivity index (χ1n) is 5.43. The number of nitrogens with zero attached hydrogens (tertiary/aromatic N) is 2. The van der Waals surface area contributed by atoms with Crippen molar-refractivity contribution in [3.05, 3.63) is 17.5 Å². The molecule has 0 aliphatic carbocycles. The van der Waals surface area contributed by atoms with Gasteiger partial charge < -0.3 is 10.1 Å². The minimum Gasteiger partial charge on any atom is -0.375 e. The Labute approximate surface area is 100 Å². The molecule has 1 aromatic rings. The lowest BCUT2D eigenvalue weighted by Gasteiger charge is -2.36. The van der Waals surface area contributed by atoms with Crippen LogP contribution in [0.15, 0.2) is 12.5 Å². The largest absolute Gasteiger partial charge is 0.375 e. The number of aromatic nitrogens is 2. The van der Waals surface area contributed by atoms with Crippen LogP contribution in [0.4, 0.5) is 5.82 Å². The third kappa shape index (κ3) is 2.83. The Morgan fingerprint density at radius 1 is 1.56 bits per heavy atom. The molecule has 1 aliphatic heterocycles. The maximum atomic E-state index is 6.00. The van der Waals surface area contributed by atoms with Gasteiger partial charge in [-0.3, -0.25) is 0 Å². The third-order valence-electron chi connectivity index (χ3n) is 2.71. The summed E-state index contributed by atoms with van der Waals surface area (Å²) >= 11 is 6.00. The molecule has 0 spiro atoms. The van der Waals surface area contributed by atoms with Crippen LogP contribution < -0.4 is 5.32 Å². The van der Waals surface area contributed by atoms with Gasteiger partial charge in [0.15, 0.2) is 0 Å². The second-order valence-electron chi connectivity index (χ2n) is 4.66. The molecule has 1 aromatic heterocycles. The van der Waals surface area contributed by atoms with Crippen molar-refractivity contribution >= 4 is 17.4 Å². The maximum Gasteiger partial charge on any atom is 0.148 e. The quantitative estimate of drug-likeness (QED) is 0.864. The molecule has 0 radical (unpaired) electrons. The highest BCUT2D eigenvalue weighted by molar-refractivity contribution is 6.32. The highest BCUT2D eigenvalue weighted by atomic mass is 35.5. The molecule has 1 saturated heterocycles. The van der Waals surface area contributed by atoms with E-state index in [9.17, 15) is 0 Å². The first kappa shape index (κ1) is 11.6. The van der Waals surface area contributed by atoms with Crippen molar-refractivity contribution in [2.24, 2.45) is 0 Å². The number of hydrogen-bond acceptors (Lipinski definition) is 4. The Hall–Kier alpha value is -0.870. The molecular weight excluding hydrogens is 226 g/mol. The average molecular weight is 242 g/mol. The number of halogens is 1. The summed E-state index contributed by atoms with van der Waals surface area (Å²) in [5.74, 6) is 0.708. The molecule has 1 unspecified atom stereocenters. The molecule has 2 heterocycles. The monoisotopic (exact) mass is 241 g/mol. The van der Waals surface area contributed by atoms with Gasteiger partial charge in [0.2, 0.25) is 0 Å². The van der Waals surface area contributed by atoms with E-state index in [4.69, 9.17) is 16.3 Å². The van der Waals surface area contributed by atoms with E-state index in [1.807, 2.05) is 0 Å². The van der Waals surface area contributed by atoms with Crippen LogP contribution in [0.5, 0.6) is 0 Å². The Morgan fingerprint density at radius 3 is 3.06 bits per heavy atom. The van der Waals surface area contributed by atoms with Gasteiger partial charge in [-0.2, -0.15) is 0 Å². The lowest BCUT2D eigenvalue weighted by molar-refractivity contribution is -0.0553. The molecule has 5 heteroatoms. The standard InChI is InChI=1S/C11H16ClN3O/c1-11(2)5-8(3-4-16-11)15-10-9(12)6-13-7-14-10/h6-8H,3-5H2,1-2H3,(H,13,14,15). The topological polar surface area (TPSA) is 47.0 Å². The van der Waals surface area contributed by atoms with Gasteiger partial charge >= 0.3 is 0 Å². The highest BCUT2D eigenvalue weighted by Crippen LogP contribution is 2.27. The minimum atomic E-state index is -0.0740. The van der Waals surface area contributed by atoms with Gasteiger partial charge in [-0.05, 0) is 26.7 Å². The molecule has 1 fully saturated rings. The predicted octanol–water partition coefficient (Wildman–Crippen LogP) is 2.50. The van der Waals surface area contributed by atoms with Crippen LogP contribution >= 0.6 is 11.6 Å². The number of ether oxygens (including phenoxy) is 1. The van der Waals surface area contributed by atoms with Crippen molar-refractivity contribution < 1.29 is 4.74 Å². The molecule has 1 aliphatic rings. The summed E-state index contributed by atoms with van der Waals surface area (Å²) < 4.78 is 5.66.